The second-order valence-corrected chi connectivity index (χ2v) is 24.0. The van der Waals surface area contributed by atoms with Crippen molar-refractivity contribution in [3.63, 3.8) is 0 Å². The number of esters is 2. The molecule has 2 atom stereocenters. The van der Waals surface area contributed by atoms with Gasteiger partial charge in [-0.3, -0.25) is 29.2 Å². The summed E-state index contributed by atoms with van der Waals surface area (Å²) in [5.41, 5.74) is -1.65. The van der Waals surface area contributed by atoms with Gasteiger partial charge in [0.25, 0.3) is 11.8 Å². The topological polar surface area (TPSA) is 176 Å². The van der Waals surface area contributed by atoms with E-state index in [-0.39, 0.29) is 60.3 Å². The lowest BCUT2D eigenvalue weighted by Crippen LogP contribution is -2.68. The summed E-state index contributed by atoms with van der Waals surface area (Å²) in [4.78, 5) is 89.5. The van der Waals surface area contributed by atoms with Crippen molar-refractivity contribution in [2.75, 3.05) is 40.4 Å². The van der Waals surface area contributed by atoms with Gasteiger partial charge in [0.2, 0.25) is 0 Å². The molecule has 75 heavy (non-hydrogen) atoms. The molecule has 16 heteroatoms. The summed E-state index contributed by atoms with van der Waals surface area (Å²) >= 11 is 0. The SMILES string of the molecule is CN1C(C)(C)CC2(CC1(C)C)NC(=O)N(CC(COc1ccc(C(C)(C)c3ccc(OCC(CN4C(=O)NC5(CC(C)(C)N(C)C(C)(C)C5)C4=O)OC(=O)c4ccccc4)cc3)cc1)OC(=O)c1ccccc1)C2=O. The van der Waals surface area contributed by atoms with Gasteiger partial charge in [-0.25, -0.2) is 19.2 Å². The van der Waals surface area contributed by atoms with Crippen LogP contribution in [-0.4, -0.2) is 141 Å². The highest BCUT2D eigenvalue weighted by atomic mass is 16.6. The molecule has 0 bridgehead atoms. The zero-order valence-corrected chi connectivity index (χ0v) is 45.6. The normalized spacial score (nSPS) is 21.3. The van der Waals surface area contributed by atoms with Crippen LogP contribution in [0, 0.1) is 0 Å². The van der Waals surface area contributed by atoms with E-state index < -0.39 is 52.7 Å². The van der Waals surface area contributed by atoms with Gasteiger partial charge in [0.15, 0.2) is 12.2 Å². The molecule has 0 aromatic heterocycles. The number of benzene rings is 4. The quantitative estimate of drug-likeness (QED) is 0.0812. The maximum atomic E-state index is 14.3. The Bertz CT molecular complexity index is 2570. The van der Waals surface area contributed by atoms with E-state index in [2.05, 4.69) is 89.7 Å². The largest absolute Gasteiger partial charge is 0.490 e. The van der Waals surface area contributed by atoms with E-state index in [0.29, 0.717) is 48.3 Å². The average Bonchev–Trinajstić information content (AvgIpc) is 3.70. The van der Waals surface area contributed by atoms with Crippen LogP contribution in [0.1, 0.15) is 127 Å². The Kier molecular flexibility index (Phi) is 14.6. The molecule has 4 aromatic rings. The second-order valence-electron chi connectivity index (χ2n) is 24.0. The van der Waals surface area contributed by atoms with Gasteiger partial charge in [-0.2, -0.15) is 0 Å². The summed E-state index contributed by atoms with van der Waals surface area (Å²) in [6.07, 6.45) is -0.298. The highest BCUT2D eigenvalue weighted by Gasteiger charge is 2.62. The third kappa shape index (κ3) is 11.0. The molecular weight excluding hydrogens is 953 g/mol. The average molecular weight is 1030 g/mol. The number of ether oxygens (including phenoxy) is 4. The number of rotatable bonds is 16. The van der Waals surface area contributed by atoms with E-state index in [0.717, 1.165) is 20.9 Å². The first-order chi connectivity index (χ1) is 35.1. The summed E-state index contributed by atoms with van der Waals surface area (Å²) in [6.45, 7) is 20.1. The molecule has 400 valence electrons. The summed E-state index contributed by atoms with van der Waals surface area (Å²) < 4.78 is 24.4. The molecule has 4 aliphatic heterocycles. The minimum absolute atomic E-state index is 0.129. The van der Waals surface area contributed by atoms with Crippen molar-refractivity contribution in [1.29, 1.82) is 0 Å². The first-order valence-corrected chi connectivity index (χ1v) is 25.8. The van der Waals surface area contributed by atoms with Gasteiger partial charge in [0.1, 0.15) is 35.8 Å². The van der Waals surface area contributed by atoms with Crippen LogP contribution in [-0.2, 0) is 24.5 Å². The molecule has 6 amide bonds. The van der Waals surface area contributed by atoms with Crippen LogP contribution in [0.2, 0.25) is 0 Å². The number of amides is 6. The molecule has 4 saturated heterocycles. The van der Waals surface area contributed by atoms with E-state index in [1.807, 2.05) is 62.6 Å². The molecule has 0 aliphatic carbocycles. The summed E-state index contributed by atoms with van der Waals surface area (Å²) in [5, 5.41) is 6.07. The van der Waals surface area contributed by atoms with Crippen molar-refractivity contribution >= 4 is 35.8 Å². The fourth-order valence-corrected chi connectivity index (χ4v) is 12.1. The monoisotopic (exact) mass is 1030 g/mol. The number of hydrogen-bond donors (Lipinski definition) is 2. The first-order valence-electron chi connectivity index (χ1n) is 25.8. The second kappa shape index (κ2) is 20.1. The van der Waals surface area contributed by atoms with Gasteiger partial charge in [0, 0.05) is 27.6 Å². The predicted octanol–water partition coefficient (Wildman–Crippen LogP) is 8.37. The Hall–Kier alpha value is -6.78. The lowest BCUT2D eigenvalue weighted by atomic mass is 9.69. The van der Waals surface area contributed by atoms with Gasteiger partial charge in [0.05, 0.1) is 24.2 Å². The van der Waals surface area contributed by atoms with Crippen molar-refractivity contribution in [3.8, 4) is 11.5 Å². The maximum Gasteiger partial charge on any atom is 0.338 e. The summed E-state index contributed by atoms with van der Waals surface area (Å²) in [5.74, 6) is -0.902. The smallest absolute Gasteiger partial charge is 0.338 e. The molecule has 4 aromatic carbocycles. The molecule has 2 spiro atoms. The zero-order chi connectivity index (χ0) is 54.5. The van der Waals surface area contributed by atoms with Crippen molar-refractivity contribution in [2.24, 2.45) is 0 Å². The number of likely N-dealkylation sites (tertiary alicyclic amines) is 2. The van der Waals surface area contributed by atoms with Crippen molar-refractivity contribution < 1.29 is 47.7 Å². The molecular formula is C59H74N6O10. The van der Waals surface area contributed by atoms with Crippen LogP contribution in [0.25, 0.3) is 0 Å². The van der Waals surface area contributed by atoms with Gasteiger partial charge >= 0.3 is 24.0 Å². The van der Waals surface area contributed by atoms with Crippen molar-refractivity contribution in [1.82, 2.24) is 30.2 Å². The predicted molar refractivity (Wildman–Crippen MR) is 284 cm³/mol. The molecule has 4 fully saturated rings. The van der Waals surface area contributed by atoms with E-state index in [1.165, 1.54) is 0 Å². The van der Waals surface area contributed by atoms with Crippen LogP contribution in [0.3, 0.4) is 0 Å². The number of imide groups is 2. The van der Waals surface area contributed by atoms with Crippen LogP contribution < -0.4 is 20.1 Å². The van der Waals surface area contributed by atoms with Crippen molar-refractivity contribution in [3.05, 3.63) is 131 Å². The molecule has 4 heterocycles. The van der Waals surface area contributed by atoms with Gasteiger partial charge in [-0.05, 0) is 155 Å². The number of piperidine rings is 2. The number of carbonyl (C=O) groups excluding carboxylic acids is 6. The third-order valence-electron chi connectivity index (χ3n) is 16.4. The number of carbonyl (C=O) groups is 6. The standard InChI is InChI=1S/C59H74N6O10/c1-53(2)35-58(36-54(3,4)62(53)11)49(68)64(51(70)60-58)31-45(74-47(66)39-19-15-13-16-20-39)33-72-43-27-23-41(24-28-43)57(9,10)42-25-29-44(30-26-42)73-34-46(75-48(67)40-21-17-14-18-22-40)32-65-50(69)59(61-52(65)71)37-55(5,6)63(12)56(7,8)38-59/h13-30,45-46H,31-38H2,1-12H3,(H,60,70)(H,61,71). The molecule has 4 aliphatic rings. The minimum Gasteiger partial charge on any atom is -0.490 e. The molecule has 16 nitrogen and oxygen atoms in total. The van der Waals surface area contributed by atoms with E-state index >= 15 is 0 Å². The first kappa shape index (κ1) is 54.5. The fourth-order valence-electron chi connectivity index (χ4n) is 12.1. The Morgan fingerprint density at radius 3 is 1.12 bits per heavy atom. The van der Waals surface area contributed by atoms with Gasteiger partial charge in [-0.1, -0.05) is 74.5 Å². The molecule has 8 rings (SSSR count). The van der Waals surface area contributed by atoms with E-state index in [1.54, 1.807) is 60.7 Å². The van der Waals surface area contributed by atoms with Crippen LogP contribution in [0.4, 0.5) is 9.59 Å². The van der Waals surface area contributed by atoms with E-state index in [9.17, 15) is 28.8 Å². The lowest BCUT2D eigenvalue weighted by Gasteiger charge is -2.56. The van der Waals surface area contributed by atoms with Crippen LogP contribution in [0.5, 0.6) is 11.5 Å². The van der Waals surface area contributed by atoms with Crippen molar-refractivity contribution in [2.45, 2.75) is 146 Å². The molecule has 0 saturated carbocycles. The fraction of sp³-hybridized carbons (Fsp3) is 0.492. The van der Waals surface area contributed by atoms with E-state index in [4.69, 9.17) is 18.9 Å². The highest BCUT2D eigenvalue weighted by Crippen LogP contribution is 2.47. The van der Waals surface area contributed by atoms with Crippen LogP contribution >= 0.6 is 0 Å². The Morgan fingerprint density at radius 1 is 0.507 bits per heavy atom. The third-order valence-corrected chi connectivity index (χ3v) is 16.4. The summed E-state index contributed by atoms with van der Waals surface area (Å²) in [7, 11) is 4.07. The number of nitrogens with zero attached hydrogens (tertiary/aromatic N) is 4. The Labute approximate surface area is 441 Å². The number of nitrogens with one attached hydrogen (secondary N) is 2. The molecule has 2 unspecified atom stereocenters. The Morgan fingerprint density at radius 2 is 0.813 bits per heavy atom. The van der Waals surface area contributed by atoms with Gasteiger partial charge < -0.3 is 29.6 Å². The Balaban J connectivity index is 0.929. The highest BCUT2D eigenvalue weighted by molar-refractivity contribution is 6.08. The lowest BCUT2D eigenvalue weighted by molar-refractivity contribution is -0.140. The maximum absolute atomic E-state index is 14.3. The number of hydrogen-bond acceptors (Lipinski definition) is 12. The molecule has 2 N–H and O–H groups in total. The van der Waals surface area contributed by atoms with Gasteiger partial charge in [-0.15, -0.1) is 0 Å². The summed E-state index contributed by atoms with van der Waals surface area (Å²) in [6, 6.07) is 31.1. The van der Waals surface area contributed by atoms with Crippen LogP contribution in [0.15, 0.2) is 109 Å². The minimum atomic E-state index is -1.10. The number of urea groups is 2. The molecule has 0 radical (unpaired) electrons. The zero-order valence-electron chi connectivity index (χ0n) is 45.6.